The van der Waals surface area contributed by atoms with Crippen LogP contribution in [-0.4, -0.2) is 26.1 Å². The highest BCUT2D eigenvalue weighted by atomic mass is 35.5. The maximum atomic E-state index is 12.3. The minimum absolute atomic E-state index is 0.0942. The smallest absolute Gasteiger partial charge is 0.337 e. The van der Waals surface area contributed by atoms with Crippen LogP contribution in [0.5, 0.6) is 5.75 Å². The predicted octanol–water partition coefficient (Wildman–Crippen LogP) is 3.68. The van der Waals surface area contributed by atoms with Crippen molar-refractivity contribution in [3.8, 4) is 11.8 Å². The van der Waals surface area contributed by atoms with Gasteiger partial charge in [-0.25, -0.2) is 4.79 Å². The molecule has 0 aromatic heterocycles. The second-order valence-corrected chi connectivity index (χ2v) is 5.49. The molecular weight excluding hydrogens is 356 g/mol. The number of rotatable bonds is 5. The molecular formula is C19H15ClN2O4. The van der Waals surface area contributed by atoms with Crippen LogP contribution >= 0.6 is 11.6 Å². The zero-order valence-electron chi connectivity index (χ0n) is 14.1. The lowest BCUT2D eigenvalue weighted by molar-refractivity contribution is -0.112. The molecule has 0 saturated carbocycles. The van der Waals surface area contributed by atoms with Crippen LogP contribution in [0.25, 0.3) is 6.08 Å². The SMILES string of the molecule is COC(=O)c1ccc(NC(=O)/C(C#N)=C/c2ccc(OC)c(Cl)c2)cc1. The highest BCUT2D eigenvalue weighted by molar-refractivity contribution is 6.32. The van der Waals surface area contributed by atoms with Gasteiger partial charge in [0, 0.05) is 5.69 Å². The number of amides is 1. The van der Waals surface area contributed by atoms with Gasteiger partial charge in [0.1, 0.15) is 17.4 Å². The van der Waals surface area contributed by atoms with Crippen molar-refractivity contribution in [2.45, 2.75) is 0 Å². The second-order valence-electron chi connectivity index (χ2n) is 5.09. The summed E-state index contributed by atoms with van der Waals surface area (Å²) >= 11 is 6.04. The van der Waals surface area contributed by atoms with E-state index in [0.29, 0.717) is 27.6 Å². The van der Waals surface area contributed by atoms with Crippen LogP contribution in [0.15, 0.2) is 48.0 Å². The van der Waals surface area contributed by atoms with Crippen molar-refractivity contribution in [1.29, 1.82) is 5.26 Å². The van der Waals surface area contributed by atoms with E-state index in [9.17, 15) is 14.9 Å². The number of nitrogens with one attached hydrogen (secondary N) is 1. The van der Waals surface area contributed by atoms with Crippen LogP contribution in [0.3, 0.4) is 0 Å². The van der Waals surface area contributed by atoms with Crippen LogP contribution < -0.4 is 10.1 Å². The maximum Gasteiger partial charge on any atom is 0.337 e. The van der Waals surface area contributed by atoms with Gasteiger partial charge >= 0.3 is 5.97 Å². The molecule has 26 heavy (non-hydrogen) atoms. The lowest BCUT2D eigenvalue weighted by Crippen LogP contribution is -2.13. The first-order chi connectivity index (χ1) is 12.5. The normalized spacial score (nSPS) is 10.6. The number of carbonyl (C=O) groups is 2. The van der Waals surface area contributed by atoms with E-state index >= 15 is 0 Å². The Morgan fingerprint density at radius 2 is 1.85 bits per heavy atom. The van der Waals surface area contributed by atoms with Gasteiger partial charge in [0.25, 0.3) is 5.91 Å². The van der Waals surface area contributed by atoms with E-state index in [2.05, 4.69) is 10.1 Å². The molecule has 0 bridgehead atoms. The molecule has 0 heterocycles. The molecule has 132 valence electrons. The third kappa shape index (κ3) is 4.62. The van der Waals surface area contributed by atoms with Crippen LogP contribution in [0.4, 0.5) is 5.69 Å². The first-order valence-corrected chi connectivity index (χ1v) is 7.81. The largest absolute Gasteiger partial charge is 0.495 e. The van der Waals surface area contributed by atoms with Crippen molar-refractivity contribution in [3.63, 3.8) is 0 Å². The lowest BCUT2D eigenvalue weighted by Gasteiger charge is -2.06. The quantitative estimate of drug-likeness (QED) is 0.492. The molecule has 1 N–H and O–H groups in total. The van der Waals surface area contributed by atoms with E-state index in [-0.39, 0.29) is 5.57 Å². The number of methoxy groups -OCH3 is 2. The fourth-order valence-corrected chi connectivity index (χ4v) is 2.36. The Hall–Kier alpha value is -3.30. The summed E-state index contributed by atoms with van der Waals surface area (Å²) in [5.74, 6) is -0.556. The van der Waals surface area contributed by atoms with Gasteiger partial charge in [-0.2, -0.15) is 5.26 Å². The molecule has 0 aliphatic heterocycles. The van der Waals surface area contributed by atoms with E-state index in [0.717, 1.165) is 0 Å². The van der Waals surface area contributed by atoms with E-state index < -0.39 is 11.9 Å². The van der Waals surface area contributed by atoms with E-state index in [1.807, 2.05) is 6.07 Å². The van der Waals surface area contributed by atoms with Crippen molar-refractivity contribution >= 4 is 35.2 Å². The average molecular weight is 371 g/mol. The zero-order valence-corrected chi connectivity index (χ0v) is 14.8. The van der Waals surface area contributed by atoms with E-state index in [1.165, 1.54) is 32.4 Å². The first-order valence-electron chi connectivity index (χ1n) is 7.43. The summed E-state index contributed by atoms with van der Waals surface area (Å²) in [5.41, 5.74) is 1.29. The van der Waals surface area contributed by atoms with Gasteiger partial charge in [0.15, 0.2) is 0 Å². The van der Waals surface area contributed by atoms with Crippen molar-refractivity contribution in [1.82, 2.24) is 0 Å². The number of ether oxygens (including phenoxy) is 2. The summed E-state index contributed by atoms with van der Waals surface area (Å²) in [4.78, 5) is 23.7. The van der Waals surface area contributed by atoms with E-state index in [1.54, 1.807) is 30.3 Å². The van der Waals surface area contributed by atoms with Gasteiger partial charge < -0.3 is 14.8 Å². The number of anilines is 1. The summed E-state index contributed by atoms with van der Waals surface area (Å²) in [6, 6.07) is 12.9. The molecule has 2 aromatic carbocycles. The summed E-state index contributed by atoms with van der Waals surface area (Å²) in [6.07, 6.45) is 1.42. The fourth-order valence-electron chi connectivity index (χ4n) is 2.09. The van der Waals surface area contributed by atoms with Crippen LogP contribution in [-0.2, 0) is 9.53 Å². The number of carbonyl (C=O) groups excluding carboxylic acids is 2. The highest BCUT2D eigenvalue weighted by Crippen LogP contribution is 2.26. The van der Waals surface area contributed by atoms with Crippen LogP contribution in [0.1, 0.15) is 15.9 Å². The van der Waals surface area contributed by atoms with Gasteiger partial charge in [-0.15, -0.1) is 0 Å². The number of nitriles is 1. The summed E-state index contributed by atoms with van der Waals surface area (Å²) in [5, 5.41) is 12.2. The zero-order chi connectivity index (χ0) is 19.1. The molecule has 0 aliphatic rings. The molecule has 7 heteroatoms. The molecule has 2 rings (SSSR count). The number of hydrogen-bond donors (Lipinski definition) is 1. The van der Waals surface area contributed by atoms with Crippen LogP contribution in [0, 0.1) is 11.3 Å². The number of nitrogens with zero attached hydrogens (tertiary/aromatic N) is 1. The Labute approximate surface area is 155 Å². The molecule has 0 aliphatic carbocycles. The molecule has 0 saturated heterocycles. The highest BCUT2D eigenvalue weighted by Gasteiger charge is 2.11. The molecule has 0 unspecified atom stereocenters. The Morgan fingerprint density at radius 1 is 1.15 bits per heavy atom. The number of hydrogen-bond acceptors (Lipinski definition) is 5. The predicted molar refractivity (Wildman–Crippen MR) is 98.0 cm³/mol. The maximum absolute atomic E-state index is 12.3. The minimum Gasteiger partial charge on any atom is -0.495 e. The molecule has 0 fully saturated rings. The lowest BCUT2D eigenvalue weighted by atomic mass is 10.1. The number of halogens is 1. The molecule has 1 amide bonds. The molecule has 0 atom stereocenters. The first kappa shape index (κ1) is 19.0. The monoisotopic (exact) mass is 370 g/mol. The Balaban J connectivity index is 2.17. The fraction of sp³-hybridized carbons (Fsp3) is 0.105. The number of benzene rings is 2. The third-order valence-corrected chi connectivity index (χ3v) is 3.71. The van der Waals surface area contributed by atoms with Gasteiger partial charge in [0.2, 0.25) is 0 Å². The Bertz CT molecular complexity index is 899. The summed E-state index contributed by atoms with van der Waals surface area (Å²) in [7, 11) is 2.78. The molecule has 0 spiro atoms. The van der Waals surface area contributed by atoms with Crippen molar-refractivity contribution in [2.24, 2.45) is 0 Å². The van der Waals surface area contributed by atoms with Gasteiger partial charge in [-0.3, -0.25) is 4.79 Å². The van der Waals surface area contributed by atoms with Gasteiger partial charge in [-0.1, -0.05) is 17.7 Å². The molecule has 2 aromatic rings. The Morgan fingerprint density at radius 3 is 2.38 bits per heavy atom. The third-order valence-electron chi connectivity index (χ3n) is 3.42. The van der Waals surface area contributed by atoms with Crippen molar-refractivity contribution in [3.05, 3.63) is 64.2 Å². The number of esters is 1. The standard InChI is InChI=1S/C19H15ClN2O4/c1-25-17-8-3-12(10-16(17)20)9-14(11-21)18(23)22-15-6-4-13(5-7-15)19(24)26-2/h3-10H,1-2H3,(H,22,23)/b14-9+. The van der Waals surface area contributed by atoms with Crippen LogP contribution in [0.2, 0.25) is 5.02 Å². The minimum atomic E-state index is -0.578. The molecule has 6 nitrogen and oxygen atoms in total. The van der Waals surface area contributed by atoms with Gasteiger partial charge in [-0.05, 0) is 48.0 Å². The van der Waals surface area contributed by atoms with Crippen molar-refractivity contribution in [2.75, 3.05) is 19.5 Å². The molecule has 0 radical (unpaired) electrons. The Kier molecular flexibility index (Phi) is 6.36. The van der Waals surface area contributed by atoms with Gasteiger partial charge in [0.05, 0.1) is 24.8 Å². The van der Waals surface area contributed by atoms with E-state index in [4.69, 9.17) is 16.3 Å². The summed E-state index contributed by atoms with van der Waals surface area (Å²) in [6.45, 7) is 0. The van der Waals surface area contributed by atoms with Crippen molar-refractivity contribution < 1.29 is 19.1 Å². The second kappa shape index (κ2) is 8.70. The summed E-state index contributed by atoms with van der Waals surface area (Å²) < 4.78 is 9.67. The topological polar surface area (TPSA) is 88.4 Å². The average Bonchev–Trinajstić information content (AvgIpc) is 2.66.